The molecule has 2 saturated heterocycles. The number of carbonyl (C=O) groups is 2. The minimum absolute atomic E-state index is 0.0736. The van der Waals surface area contributed by atoms with E-state index in [0.29, 0.717) is 17.4 Å². The minimum atomic E-state index is -0.440. The number of esters is 1. The number of hydrogen-bond acceptors (Lipinski definition) is 6. The van der Waals surface area contributed by atoms with E-state index in [-0.39, 0.29) is 18.6 Å². The highest BCUT2D eigenvalue weighted by Crippen LogP contribution is 2.24. The normalized spacial score (nSPS) is 19.7. The number of hydrogen-bond donors (Lipinski definition) is 0. The lowest BCUT2D eigenvalue weighted by atomic mass is 9.99. The summed E-state index contributed by atoms with van der Waals surface area (Å²) in [4.78, 5) is 30.3. The SMILES string of the molecule is COC(=O)CN(C)C(=O)c1cccc(OC2CCN(C3CCN(C)CC3)CC2)c1. The quantitative estimate of drug-likeness (QED) is 0.676. The van der Waals surface area contributed by atoms with Gasteiger partial charge in [0.15, 0.2) is 0 Å². The van der Waals surface area contributed by atoms with Crippen LogP contribution in [0.5, 0.6) is 5.75 Å². The van der Waals surface area contributed by atoms with E-state index in [0.717, 1.165) is 25.9 Å². The van der Waals surface area contributed by atoms with Crippen molar-refractivity contribution in [3.8, 4) is 5.75 Å². The van der Waals surface area contributed by atoms with E-state index in [1.165, 1.54) is 37.9 Å². The van der Waals surface area contributed by atoms with Gasteiger partial charge in [0.1, 0.15) is 18.4 Å². The lowest BCUT2D eigenvalue weighted by molar-refractivity contribution is -0.141. The summed E-state index contributed by atoms with van der Waals surface area (Å²) in [5.74, 6) is 0.0441. The Labute approximate surface area is 173 Å². The topological polar surface area (TPSA) is 62.3 Å². The van der Waals surface area contributed by atoms with E-state index in [9.17, 15) is 9.59 Å². The number of nitrogens with zero attached hydrogens (tertiary/aromatic N) is 3. The van der Waals surface area contributed by atoms with Crippen LogP contribution in [0.3, 0.4) is 0 Å². The van der Waals surface area contributed by atoms with Gasteiger partial charge in [0.2, 0.25) is 0 Å². The second kappa shape index (κ2) is 10.1. The summed E-state index contributed by atoms with van der Waals surface area (Å²) in [6.07, 6.45) is 4.70. The van der Waals surface area contributed by atoms with Crippen LogP contribution in [0.25, 0.3) is 0 Å². The van der Waals surface area contributed by atoms with Crippen molar-refractivity contribution in [2.45, 2.75) is 37.8 Å². The summed E-state index contributed by atoms with van der Waals surface area (Å²) in [6.45, 7) is 4.44. The summed E-state index contributed by atoms with van der Waals surface area (Å²) in [5.41, 5.74) is 0.512. The first-order chi connectivity index (χ1) is 14.0. The Balaban J connectivity index is 1.50. The van der Waals surface area contributed by atoms with Gasteiger partial charge >= 0.3 is 5.97 Å². The van der Waals surface area contributed by atoms with E-state index in [2.05, 4.69) is 21.6 Å². The van der Waals surface area contributed by atoms with Crippen LogP contribution >= 0.6 is 0 Å². The maximum Gasteiger partial charge on any atom is 0.325 e. The van der Waals surface area contributed by atoms with Crippen molar-refractivity contribution in [2.24, 2.45) is 0 Å². The molecule has 0 atom stereocenters. The third kappa shape index (κ3) is 5.93. The molecule has 0 N–H and O–H groups in total. The molecule has 2 aliphatic heterocycles. The summed E-state index contributed by atoms with van der Waals surface area (Å²) >= 11 is 0. The van der Waals surface area contributed by atoms with Crippen LogP contribution in [0.15, 0.2) is 24.3 Å². The molecule has 2 heterocycles. The van der Waals surface area contributed by atoms with Gasteiger partial charge in [0.05, 0.1) is 7.11 Å². The molecule has 7 nitrogen and oxygen atoms in total. The van der Waals surface area contributed by atoms with Gasteiger partial charge in [-0.05, 0) is 64.0 Å². The van der Waals surface area contributed by atoms with E-state index in [1.807, 2.05) is 12.1 Å². The fraction of sp³-hybridized carbons (Fsp3) is 0.636. The zero-order valence-electron chi connectivity index (χ0n) is 17.8. The number of rotatable bonds is 6. The van der Waals surface area contributed by atoms with Gasteiger partial charge in [0.25, 0.3) is 5.91 Å². The van der Waals surface area contributed by atoms with Gasteiger partial charge in [-0.3, -0.25) is 9.59 Å². The molecule has 2 fully saturated rings. The molecular weight excluding hydrogens is 370 g/mol. The second-order valence-electron chi connectivity index (χ2n) is 8.15. The van der Waals surface area contributed by atoms with Gasteiger partial charge in [0, 0.05) is 31.7 Å². The van der Waals surface area contributed by atoms with Crippen molar-refractivity contribution >= 4 is 11.9 Å². The van der Waals surface area contributed by atoms with Crippen LogP contribution in [0.2, 0.25) is 0 Å². The molecule has 1 aromatic carbocycles. The van der Waals surface area contributed by atoms with Crippen molar-refractivity contribution in [3.63, 3.8) is 0 Å². The molecule has 0 spiro atoms. The highest BCUT2D eigenvalue weighted by molar-refractivity contribution is 5.96. The fourth-order valence-corrected chi connectivity index (χ4v) is 4.16. The summed E-state index contributed by atoms with van der Waals surface area (Å²) in [5, 5.41) is 0. The van der Waals surface area contributed by atoms with E-state index in [1.54, 1.807) is 19.2 Å². The van der Waals surface area contributed by atoms with Crippen LogP contribution in [0, 0.1) is 0 Å². The van der Waals surface area contributed by atoms with Crippen molar-refractivity contribution in [1.29, 1.82) is 0 Å². The van der Waals surface area contributed by atoms with Crippen LogP contribution < -0.4 is 4.74 Å². The molecule has 2 aliphatic rings. The third-order valence-corrected chi connectivity index (χ3v) is 6.01. The minimum Gasteiger partial charge on any atom is -0.490 e. The van der Waals surface area contributed by atoms with Crippen molar-refractivity contribution in [2.75, 3.05) is 53.9 Å². The van der Waals surface area contributed by atoms with Crippen LogP contribution in [0.4, 0.5) is 0 Å². The van der Waals surface area contributed by atoms with Gasteiger partial charge in [-0.25, -0.2) is 0 Å². The molecule has 0 aliphatic carbocycles. The molecule has 0 aromatic heterocycles. The molecule has 3 rings (SSSR count). The Morgan fingerprint density at radius 3 is 2.45 bits per heavy atom. The highest BCUT2D eigenvalue weighted by Gasteiger charge is 2.28. The molecule has 160 valence electrons. The van der Waals surface area contributed by atoms with Gasteiger partial charge in [-0.1, -0.05) is 6.07 Å². The largest absolute Gasteiger partial charge is 0.490 e. The molecule has 7 heteroatoms. The first-order valence-electron chi connectivity index (χ1n) is 10.5. The average molecular weight is 404 g/mol. The van der Waals surface area contributed by atoms with Crippen molar-refractivity contribution in [1.82, 2.24) is 14.7 Å². The Hall–Kier alpha value is -2.12. The lowest BCUT2D eigenvalue weighted by Gasteiger charge is -2.41. The monoisotopic (exact) mass is 403 g/mol. The predicted molar refractivity (Wildman–Crippen MR) is 111 cm³/mol. The molecule has 0 radical (unpaired) electrons. The van der Waals surface area contributed by atoms with Crippen molar-refractivity contribution < 1.29 is 19.1 Å². The van der Waals surface area contributed by atoms with Crippen LogP contribution in [-0.4, -0.2) is 92.7 Å². The number of likely N-dealkylation sites (tertiary alicyclic amines) is 2. The summed E-state index contributed by atoms with van der Waals surface area (Å²) in [7, 11) is 5.10. The number of piperidine rings is 2. The third-order valence-electron chi connectivity index (χ3n) is 6.01. The lowest BCUT2D eigenvalue weighted by Crippen LogP contribution is -2.48. The smallest absolute Gasteiger partial charge is 0.325 e. The Bertz CT molecular complexity index is 695. The van der Waals surface area contributed by atoms with Gasteiger partial charge in [-0.15, -0.1) is 0 Å². The number of likely N-dealkylation sites (N-methyl/N-ethyl adjacent to an activating group) is 1. The summed E-state index contributed by atoms with van der Waals surface area (Å²) < 4.78 is 10.8. The number of carbonyl (C=O) groups excluding carboxylic acids is 2. The Kier molecular flexibility index (Phi) is 7.50. The molecule has 1 amide bonds. The highest BCUT2D eigenvalue weighted by atomic mass is 16.5. The molecule has 0 saturated carbocycles. The summed E-state index contributed by atoms with van der Waals surface area (Å²) in [6, 6.07) is 7.92. The molecule has 0 bridgehead atoms. The number of methoxy groups -OCH3 is 1. The number of amides is 1. The van der Waals surface area contributed by atoms with E-state index < -0.39 is 5.97 Å². The van der Waals surface area contributed by atoms with Gasteiger partial charge < -0.3 is 24.2 Å². The molecule has 1 aromatic rings. The van der Waals surface area contributed by atoms with E-state index >= 15 is 0 Å². The maximum absolute atomic E-state index is 12.5. The fourth-order valence-electron chi connectivity index (χ4n) is 4.16. The zero-order chi connectivity index (χ0) is 20.8. The number of ether oxygens (including phenoxy) is 2. The van der Waals surface area contributed by atoms with E-state index in [4.69, 9.17) is 4.74 Å². The average Bonchev–Trinajstić information content (AvgIpc) is 2.74. The van der Waals surface area contributed by atoms with Crippen LogP contribution in [-0.2, 0) is 9.53 Å². The Morgan fingerprint density at radius 1 is 1.10 bits per heavy atom. The molecular formula is C22H33N3O4. The first-order valence-corrected chi connectivity index (χ1v) is 10.5. The number of benzene rings is 1. The standard InChI is InChI=1S/C22H33N3O4/c1-23-11-7-18(8-12-23)25-13-9-19(10-14-25)29-20-6-4-5-17(15-20)22(27)24(2)16-21(26)28-3/h4-6,15,18-19H,7-14,16H2,1-3H3. The predicted octanol–water partition coefficient (Wildman–Crippen LogP) is 1.87. The second-order valence-corrected chi connectivity index (χ2v) is 8.15. The maximum atomic E-state index is 12.5. The zero-order valence-corrected chi connectivity index (χ0v) is 17.8. The molecule has 0 unspecified atom stereocenters. The van der Waals surface area contributed by atoms with Gasteiger partial charge in [-0.2, -0.15) is 0 Å². The van der Waals surface area contributed by atoms with Crippen LogP contribution in [0.1, 0.15) is 36.0 Å². The Morgan fingerprint density at radius 2 is 1.79 bits per heavy atom. The molecule has 29 heavy (non-hydrogen) atoms. The first kappa shape index (κ1) is 21.6. The van der Waals surface area contributed by atoms with Crippen molar-refractivity contribution in [3.05, 3.63) is 29.8 Å².